The van der Waals surface area contributed by atoms with E-state index in [-0.39, 0.29) is 0 Å². The van der Waals surface area contributed by atoms with Crippen molar-refractivity contribution in [2.45, 2.75) is 5.41 Å². The van der Waals surface area contributed by atoms with Gasteiger partial charge in [-0.05, 0) is 85.9 Å². The predicted molar refractivity (Wildman–Crippen MR) is 259 cm³/mol. The highest BCUT2D eigenvalue weighted by Gasteiger charge is 2.46. The first-order valence-corrected chi connectivity index (χ1v) is 21.6. The minimum absolute atomic E-state index is 0.542. The molecule has 13 rings (SSSR count). The van der Waals surface area contributed by atoms with Crippen molar-refractivity contribution in [3.63, 3.8) is 0 Å². The van der Waals surface area contributed by atoms with Crippen LogP contribution in [0, 0.1) is 0 Å². The van der Waals surface area contributed by atoms with Crippen molar-refractivity contribution in [1.82, 2.24) is 19.9 Å². The predicted octanol–water partition coefficient (Wildman–Crippen LogP) is 14.5. The van der Waals surface area contributed by atoms with Crippen LogP contribution in [0.25, 0.3) is 100 Å². The lowest BCUT2D eigenvalue weighted by Crippen LogP contribution is -2.28. The van der Waals surface area contributed by atoms with E-state index in [0.29, 0.717) is 17.5 Å². The van der Waals surface area contributed by atoms with Crippen molar-refractivity contribution in [3.8, 4) is 56.5 Å². The molecule has 1 aliphatic carbocycles. The summed E-state index contributed by atoms with van der Waals surface area (Å²) in [5.74, 6) is 1.70. The zero-order valence-corrected chi connectivity index (χ0v) is 34.5. The van der Waals surface area contributed by atoms with Crippen LogP contribution < -0.4 is 0 Å². The number of hydrogen-bond acceptors (Lipinski definition) is 5. The molecule has 3 heterocycles. The van der Waals surface area contributed by atoms with Gasteiger partial charge in [0.2, 0.25) is 0 Å². The molecule has 0 fully saturated rings. The van der Waals surface area contributed by atoms with Crippen LogP contribution in [0.4, 0.5) is 0 Å². The van der Waals surface area contributed by atoms with E-state index in [2.05, 4.69) is 182 Å². The van der Waals surface area contributed by atoms with Gasteiger partial charge in [-0.15, -0.1) is 0 Å². The number of aromatic nitrogens is 4. The number of rotatable bonds is 6. The molecule has 12 aromatic rings. The Bertz CT molecular complexity index is 3760. The smallest absolute Gasteiger partial charge is 0.167 e. The van der Waals surface area contributed by atoms with E-state index in [1.54, 1.807) is 0 Å². The van der Waals surface area contributed by atoms with Crippen LogP contribution in [-0.4, -0.2) is 19.9 Å². The second-order valence-corrected chi connectivity index (χ2v) is 16.6. The van der Waals surface area contributed by atoms with Gasteiger partial charge in [0.05, 0.1) is 16.7 Å². The van der Waals surface area contributed by atoms with Crippen molar-refractivity contribution >= 4 is 43.5 Å². The van der Waals surface area contributed by atoms with Crippen LogP contribution in [0.1, 0.15) is 22.3 Å². The van der Waals surface area contributed by atoms with Crippen molar-refractivity contribution in [2.24, 2.45) is 0 Å². The van der Waals surface area contributed by atoms with Gasteiger partial charge in [-0.3, -0.25) is 4.98 Å². The van der Waals surface area contributed by atoms with Crippen LogP contribution in [0.2, 0.25) is 0 Å². The van der Waals surface area contributed by atoms with Gasteiger partial charge in [0.25, 0.3) is 0 Å². The standard InChI is InChI=1S/C59H36N4O/c1-3-16-44(17-4-1)59(45-18-5-2-6-19-45)51-24-11-9-20-46(51)47-31-30-41(34-52(47)59)57-61-56(62-58(63-57)50-23-13-22-49-48-21-10-12-25-54(48)64-55(49)50)40-29-27-37-26-28-39(32-43(37)33-40)53-35-38-14-7-8-15-42(38)36-60-53/h1-36H. The van der Waals surface area contributed by atoms with Crippen LogP contribution in [0.3, 0.4) is 0 Å². The highest BCUT2D eigenvalue weighted by molar-refractivity contribution is 6.09. The van der Waals surface area contributed by atoms with Gasteiger partial charge in [0.1, 0.15) is 11.2 Å². The molecule has 298 valence electrons. The third-order valence-corrected chi connectivity index (χ3v) is 13.0. The first-order valence-electron chi connectivity index (χ1n) is 21.6. The van der Waals surface area contributed by atoms with Gasteiger partial charge >= 0.3 is 0 Å². The lowest BCUT2D eigenvalue weighted by Gasteiger charge is -2.34. The van der Waals surface area contributed by atoms with Gasteiger partial charge in [-0.1, -0.05) is 176 Å². The summed E-state index contributed by atoms with van der Waals surface area (Å²) in [6, 6.07) is 75.0. The third-order valence-electron chi connectivity index (χ3n) is 13.0. The molecule has 3 aromatic heterocycles. The van der Waals surface area contributed by atoms with Crippen LogP contribution in [-0.2, 0) is 5.41 Å². The Morgan fingerprint density at radius 3 is 1.77 bits per heavy atom. The monoisotopic (exact) mass is 816 g/mol. The number of furan rings is 1. The van der Waals surface area contributed by atoms with Crippen LogP contribution in [0.15, 0.2) is 223 Å². The minimum Gasteiger partial charge on any atom is -0.455 e. The molecule has 0 N–H and O–H groups in total. The SMILES string of the molecule is c1ccc(C2(c3ccccc3)c3ccccc3-c3ccc(-c4nc(-c5ccc6ccc(-c7cc8ccccc8cn7)cc6c5)nc(-c5cccc6c5oc5ccccc56)n4)cc32)cc1. The summed E-state index contributed by atoms with van der Waals surface area (Å²) < 4.78 is 6.58. The Morgan fingerprint density at radius 2 is 0.953 bits per heavy atom. The Hall–Kier alpha value is -8.54. The van der Waals surface area contributed by atoms with E-state index in [1.807, 2.05) is 36.5 Å². The van der Waals surface area contributed by atoms with Crippen molar-refractivity contribution in [2.75, 3.05) is 0 Å². The van der Waals surface area contributed by atoms with Gasteiger partial charge < -0.3 is 4.42 Å². The third kappa shape index (κ3) is 5.57. The molecule has 5 nitrogen and oxygen atoms in total. The highest BCUT2D eigenvalue weighted by Crippen LogP contribution is 2.56. The summed E-state index contributed by atoms with van der Waals surface area (Å²) >= 11 is 0. The molecule has 0 radical (unpaired) electrons. The molecule has 9 aromatic carbocycles. The molecule has 5 heteroatoms. The number of nitrogens with zero attached hydrogens (tertiary/aromatic N) is 4. The van der Waals surface area contributed by atoms with E-state index < -0.39 is 5.41 Å². The fourth-order valence-electron chi connectivity index (χ4n) is 10.0. The Morgan fingerprint density at radius 1 is 0.359 bits per heavy atom. The van der Waals surface area contributed by atoms with Crippen LogP contribution >= 0.6 is 0 Å². The van der Waals surface area contributed by atoms with E-state index in [4.69, 9.17) is 24.4 Å². The number of para-hydroxylation sites is 2. The molecule has 0 aliphatic heterocycles. The zero-order chi connectivity index (χ0) is 42.2. The lowest BCUT2D eigenvalue weighted by atomic mass is 9.67. The van der Waals surface area contributed by atoms with Gasteiger partial charge in [0.15, 0.2) is 17.5 Å². The van der Waals surface area contributed by atoms with Crippen LogP contribution in [0.5, 0.6) is 0 Å². The van der Waals surface area contributed by atoms with Gasteiger partial charge in [0, 0.05) is 39.0 Å². The normalized spacial score (nSPS) is 12.8. The van der Waals surface area contributed by atoms with E-state index in [9.17, 15) is 0 Å². The average Bonchev–Trinajstić information content (AvgIpc) is 3.90. The Kier molecular flexibility index (Phi) is 8.06. The van der Waals surface area contributed by atoms with Crippen molar-refractivity contribution < 1.29 is 4.42 Å². The number of pyridine rings is 1. The van der Waals surface area contributed by atoms with Crippen molar-refractivity contribution in [3.05, 3.63) is 241 Å². The molecule has 0 saturated carbocycles. The summed E-state index contributed by atoms with van der Waals surface area (Å²) in [4.78, 5) is 20.8. The van der Waals surface area contributed by atoms with Gasteiger partial charge in [-0.25, -0.2) is 15.0 Å². The first-order chi connectivity index (χ1) is 31.7. The fourth-order valence-corrected chi connectivity index (χ4v) is 10.0. The molecule has 64 heavy (non-hydrogen) atoms. The number of benzene rings is 9. The largest absolute Gasteiger partial charge is 0.455 e. The summed E-state index contributed by atoms with van der Waals surface area (Å²) in [5, 5.41) is 6.53. The summed E-state index contributed by atoms with van der Waals surface area (Å²) in [6.45, 7) is 0. The fraction of sp³-hybridized carbons (Fsp3) is 0.0169. The van der Waals surface area contributed by atoms with E-state index in [0.717, 1.165) is 71.4 Å². The first kappa shape index (κ1) is 36.1. The second-order valence-electron chi connectivity index (χ2n) is 16.6. The molecule has 1 aliphatic rings. The molecular formula is C59H36N4O. The molecule has 0 unspecified atom stereocenters. The second kappa shape index (κ2) is 14.3. The Labute approximate surface area is 369 Å². The number of hydrogen-bond donors (Lipinski definition) is 0. The summed E-state index contributed by atoms with van der Waals surface area (Å²) in [6.07, 6.45) is 1.95. The van der Waals surface area contributed by atoms with Crippen molar-refractivity contribution in [1.29, 1.82) is 0 Å². The maximum Gasteiger partial charge on any atom is 0.167 e. The maximum absolute atomic E-state index is 6.58. The van der Waals surface area contributed by atoms with E-state index in [1.165, 1.54) is 33.4 Å². The topological polar surface area (TPSA) is 64.7 Å². The lowest BCUT2D eigenvalue weighted by molar-refractivity contribution is 0.669. The zero-order valence-electron chi connectivity index (χ0n) is 34.5. The summed E-state index contributed by atoms with van der Waals surface area (Å²) in [5.41, 5.74) is 12.8. The molecular weight excluding hydrogens is 781 g/mol. The van der Waals surface area contributed by atoms with Gasteiger partial charge in [-0.2, -0.15) is 0 Å². The minimum atomic E-state index is -0.570. The molecule has 0 saturated heterocycles. The molecule has 0 amide bonds. The molecule has 0 bridgehead atoms. The van der Waals surface area contributed by atoms with E-state index >= 15 is 0 Å². The average molecular weight is 817 g/mol. The number of fused-ring (bicyclic) bond motifs is 8. The Balaban J connectivity index is 1.03. The highest BCUT2D eigenvalue weighted by atomic mass is 16.3. The molecule has 0 atom stereocenters. The maximum atomic E-state index is 6.58. The molecule has 0 spiro atoms. The summed E-state index contributed by atoms with van der Waals surface area (Å²) in [7, 11) is 0. The quantitative estimate of drug-likeness (QED) is 0.167.